The van der Waals surface area contributed by atoms with Gasteiger partial charge in [0.25, 0.3) is 5.91 Å². The molecule has 0 aromatic heterocycles. The van der Waals surface area contributed by atoms with Gasteiger partial charge < -0.3 is 19.2 Å². The average Bonchev–Trinajstić information content (AvgIpc) is 3.27. The van der Waals surface area contributed by atoms with Gasteiger partial charge in [-0.3, -0.25) is 4.79 Å². The molecule has 2 aliphatic rings. The molecule has 2 aromatic rings. The van der Waals surface area contributed by atoms with E-state index in [4.69, 9.17) is 14.3 Å². The van der Waals surface area contributed by atoms with Crippen LogP contribution in [-0.4, -0.2) is 49.4 Å². The van der Waals surface area contributed by atoms with Crippen molar-refractivity contribution in [3.63, 3.8) is 0 Å². The highest BCUT2D eigenvalue weighted by Crippen LogP contribution is 2.23. The van der Waals surface area contributed by atoms with Gasteiger partial charge in [0.15, 0.2) is 0 Å². The quantitative estimate of drug-likeness (QED) is 0.675. The lowest BCUT2D eigenvalue weighted by atomic mass is 9.97. The molecule has 0 N–H and O–H groups in total. The van der Waals surface area contributed by atoms with Crippen LogP contribution in [0.1, 0.15) is 24.8 Å². The van der Waals surface area contributed by atoms with E-state index < -0.39 is 6.10 Å². The molecule has 7 heteroatoms. The molecule has 1 fully saturated rings. The Morgan fingerprint density at radius 2 is 2.06 bits per heavy atom. The Morgan fingerprint density at radius 1 is 1.23 bits per heavy atom. The number of piperidine rings is 1. The van der Waals surface area contributed by atoms with E-state index >= 15 is 0 Å². The largest absolute Gasteiger partial charge is 0.497 e. The maximum absolute atomic E-state index is 13.0. The Hall–Kier alpha value is -3.09. The highest BCUT2D eigenvalue weighted by Gasteiger charge is 2.34. The third-order valence-electron chi connectivity index (χ3n) is 5.68. The van der Waals surface area contributed by atoms with Crippen LogP contribution in [0.2, 0.25) is 0 Å². The number of rotatable bonds is 7. The minimum Gasteiger partial charge on any atom is -0.497 e. The highest BCUT2D eigenvalue weighted by atomic mass is 19.1. The summed E-state index contributed by atoms with van der Waals surface area (Å²) < 4.78 is 24.1. The number of halogens is 1. The lowest BCUT2D eigenvalue weighted by Gasteiger charge is -2.33. The number of amides is 1. The molecule has 164 valence electrons. The van der Waals surface area contributed by atoms with Crippen molar-refractivity contribution in [2.75, 3.05) is 26.8 Å². The smallest absolute Gasteiger partial charge is 0.266 e. The number of ether oxygens (including phenoxy) is 2. The molecule has 2 aliphatic heterocycles. The van der Waals surface area contributed by atoms with Gasteiger partial charge in [-0.1, -0.05) is 17.3 Å². The van der Waals surface area contributed by atoms with Crippen molar-refractivity contribution < 1.29 is 23.5 Å². The number of nitrogens with zero attached hydrogens (tertiary/aromatic N) is 2. The van der Waals surface area contributed by atoms with Crippen LogP contribution < -0.4 is 9.47 Å². The molecular weight excluding hydrogens is 399 g/mol. The van der Waals surface area contributed by atoms with E-state index in [0.717, 1.165) is 36.4 Å². The molecule has 2 atom stereocenters. The van der Waals surface area contributed by atoms with E-state index in [1.807, 2.05) is 29.2 Å². The highest BCUT2D eigenvalue weighted by molar-refractivity contribution is 5.94. The van der Waals surface area contributed by atoms with Crippen LogP contribution in [0.15, 0.2) is 53.7 Å². The molecule has 0 radical (unpaired) electrons. The number of benzene rings is 2. The second-order valence-electron chi connectivity index (χ2n) is 8.04. The maximum atomic E-state index is 13.0. The lowest BCUT2D eigenvalue weighted by molar-refractivity contribution is -0.144. The van der Waals surface area contributed by atoms with Crippen LogP contribution in [-0.2, 0) is 16.1 Å². The van der Waals surface area contributed by atoms with E-state index in [9.17, 15) is 9.18 Å². The average molecular weight is 426 g/mol. The summed E-state index contributed by atoms with van der Waals surface area (Å²) in [6, 6.07) is 13.8. The Labute approximate surface area is 181 Å². The number of methoxy groups -OCH3 is 1. The van der Waals surface area contributed by atoms with Crippen LogP contribution in [0.4, 0.5) is 4.39 Å². The molecule has 1 amide bonds. The third kappa shape index (κ3) is 5.54. The standard InChI is InChI=1S/C24H27FN2O4/c1-29-22-6-2-4-17(13-22)12-20-14-23(31-26-20)24(28)27-11-3-5-18(15-27)16-30-21-9-7-19(25)8-10-21/h2,4,6-10,13,18,23H,3,5,11-12,14-16H2,1H3. The first kappa shape index (κ1) is 21.2. The van der Waals surface area contributed by atoms with Crippen LogP contribution >= 0.6 is 0 Å². The Balaban J connectivity index is 1.26. The number of hydrogen-bond acceptors (Lipinski definition) is 5. The predicted molar refractivity (Wildman–Crippen MR) is 115 cm³/mol. The second kappa shape index (κ2) is 9.81. The molecule has 2 aromatic carbocycles. The van der Waals surface area contributed by atoms with Crippen molar-refractivity contribution in [3.05, 3.63) is 59.9 Å². The summed E-state index contributed by atoms with van der Waals surface area (Å²) in [5.74, 6) is 1.37. The van der Waals surface area contributed by atoms with Crippen molar-refractivity contribution in [2.24, 2.45) is 11.1 Å². The van der Waals surface area contributed by atoms with E-state index in [1.165, 1.54) is 12.1 Å². The molecule has 2 heterocycles. The summed E-state index contributed by atoms with van der Waals surface area (Å²) in [6.45, 7) is 1.85. The molecule has 1 saturated heterocycles. The van der Waals surface area contributed by atoms with Gasteiger partial charge in [-0.15, -0.1) is 0 Å². The van der Waals surface area contributed by atoms with Crippen LogP contribution in [0.5, 0.6) is 11.5 Å². The van der Waals surface area contributed by atoms with E-state index in [1.54, 1.807) is 19.2 Å². The minimum atomic E-state index is -0.558. The predicted octanol–water partition coefficient (Wildman–Crippen LogP) is 3.84. The zero-order valence-corrected chi connectivity index (χ0v) is 17.6. The summed E-state index contributed by atoms with van der Waals surface area (Å²) >= 11 is 0. The molecule has 0 aliphatic carbocycles. The zero-order chi connectivity index (χ0) is 21.6. The third-order valence-corrected chi connectivity index (χ3v) is 5.68. The molecule has 6 nitrogen and oxygen atoms in total. The van der Waals surface area contributed by atoms with Gasteiger partial charge in [-0.25, -0.2) is 4.39 Å². The molecule has 31 heavy (non-hydrogen) atoms. The summed E-state index contributed by atoms with van der Waals surface area (Å²) in [5, 5.41) is 4.16. The first-order chi connectivity index (χ1) is 15.1. The minimum absolute atomic E-state index is 0.0177. The van der Waals surface area contributed by atoms with Gasteiger partial charge in [0.1, 0.15) is 17.3 Å². The summed E-state index contributed by atoms with van der Waals surface area (Å²) in [7, 11) is 1.64. The summed E-state index contributed by atoms with van der Waals surface area (Å²) in [6.07, 6.45) is 2.50. The molecule has 4 rings (SSSR count). The van der Waals surface area contributed by atoms with Gasteiger partial charge in [0.2, 0.25) is 6.10 Å². The van der Waals surface area contributed by atoms with Crippen molar-refractivity contribution in [1.82, 2.24) is 4.90 Å². The number of carbonyl (C=O) groups is 1. The monoisotopic (exact) mass is 426 g/mol. The fraction of sp³-hybridized carbons (Fsp3) is 0.417. The van der Waals surface area contributed by atoms with Gasteiger partial charge in [0, 0.05) is 31.8 Å². The molecule has 0 spiro atoms. The first-order valence-electron chi connectivity index (χ1n) is 10.6. The van der Waals surface area contributed by atoms with Crippen molar-refractivity contribution >= 4 is 11.6 Å². The van der Waals surface area contributed by atoms with E-state index in [2.05, 4.69) is 5.16 Å². The number of hydrogen-bond donors (Lipinski definition) is 0. The van der Waals surface area contributed by atoms with Gasteiger partial charge in [0.05, 0.1) is 19.4 Å². The van der Waals surface area contributed by atoms with Crippen LogP contribution in [0, 0.1) is 11.7 Å². The molecule has 0 saturated carbocycles. The number of carbonyl (C=O) groups excluding carboxylic acids is 1. The maximum Gasteiger partial charge on any atom is 0.266 e. The Kier molecular flexibility index (Phi) is 6.70. The van der Waals surface area contributed by atoms with Gasteiger partial charge in [-0.05, 0) is 54.8 Å². The Bertz CT molecular complexity index is 931. The molecule has 2 unspecified atom stereocenters. The van der Waals surface area contributed by atoms with Gasteiger partial charge in [-0.2, -0.15) is 0 Å². The lowest BCUT2D eigenvalue weighted by Crippen LogP contribution is -2.46. The summed E-state index contributed by atoms with van der Waals surface area (Å²) in [5.41, 5.74) is 1.94. The first-order valence-corrected chi connectivity index (χ1v) is 10.6. The summed E-state index contributed by atoms with van der Waals surface area (Å²) in [4.78, 5) is 20.3. The van der Waals surface area contributed by atoms with Gasteiger partial charge >= 0.3 is 0 Å². The van der Waals surface area contributed by atoms with Crippen molar-refractivity contribution in [3.8, 4) is 11.5 Å². The van der Waals surface area contributed by atoms with Crippen LogP contribution in [0.3, 0.4) is 0 Å². The number of likely N-dealkylation sites (tertiary alicyclic amines) is 1. The Morgan fingerprint density at radius 3 is 2.87 bits per heavy atom. The molecule has 0 bridgehead atoms. The fourth-order valence-corrected chi connectivity index (χ4v) is 4.03. The van der Waals surface area contributed by atoms with Crippen LogP contribution in [0.25, 0.3) is 0 Å². The van der Waals surface area contributed by atoms with Crippen molar-refractivity contribution in [2.45, 2.75) is 31.8 Å². The van der Waals surface area contributed by atoms with E-state index in [0.29, 0.717) is 31.7 Å². The SMILES string of the molecule is COc1cccc(CC2=NOC(C(=O)N3CCCC(COc4ccc(F)cc4)C3)C2)c1. The second-order valence-corrected chi connectivity index (χ2v) is 8.04. The molecular formula is C24H27FN2O4. The van der Waals surface area contributed by atoms with E-state index in [-0.39, 0.29) is 17.6 Å². The fourth-order valence-electron chi connectivity index (χ4n) is 4.03. The topological polar surface area (TPSA) is 60.4 Å². The zero-order valence-electron chi connectivity index (χ0n) is 17.6. The van der Waals surface area contributed by atoms with Crippen molar-refractivity contribution in [1.29, 1.82) is 0 Å². The normalized spacial score (nSPS) is 20.7. The number of oxime groups is 1.